The van der Waals surface area contributed by atoms with E-state index >= 15 is 0 Å². The van der Waals surface area contributed by atoms with Gasteiger partial charge in [-0.15, -0.1) is 10.2 Å². The zero-order valence-corrected chi connectivity index (χ0v) is 13.4. The topological polar surface area (TPSA) is 68.5 Å². The SMILES string of the molecule is COc1ccc(C(=O)N2CCCC(c3nnc(C(F)(F)F)o3)C2)cc1. The van der Waals surface area contributed by atoms with Crippen LogP contribution in [0.1, 0.15) is 40.9 Å². The Morgan fingerprint density at radius 1 is 1.28 bits per heavy atom. The molecular weight excluding hydrogens is 339 g/mol. The largest absolute Gasteiger partial charge is 0.497 e. The van der Waals surface area contributed by atoms with Crippen molar-refractivity contribution in [2.45, 2.75) is 24.9 Å². The first-order valence-corrected chi connectivity index (χ1v) is 7.72. The Labute approximate surface area is 141 Å². The van der Waals surface area contributed by atoms with Crippen molar-refractivity contribution < 1.29 is 27.1 Å². The van der Waals surface area contributed by atoms with Gasteiger partial charge in [-0.3, -0.25) is 4.79 Å². The van der Waals surface area contributed by atoms with Crippen LogP contribution in [0.25, 0.3) is 0 Å². The predicted molar refractivity (Wildman–Crippen MR) is 80.2 cm³/mol. The molecule has 2 heterocycles. The summed E-state index contributed by atoms with van der Waals surface area (Å²) in [5, 5.41) is 6.56. The fraction of sp³-hybridized carbons (Fsp3) is 0.438. The highest BCUT2D eigenvalue weighted by Gasteiger charge is 2.39. The molecule has 1 atom stereocenters. The molecule has 9 heteroatoms. The lowest BCUT2D eigenvalue weighted by Gasteiger charge is -2.31. The number of aromatic nitrogens is 2. The Morgan fingerprint density at radius 2 is 2.00 bits per heavy atom. The number of halogens is 3. The summed E-state index contributed by atoms with van der Waals surface area (Å²) in [7, 11) is 1.53. The summed E-state index contributed by atoms with van der Waals surface area (Å²) in [4.78, 5) is 14.2. The van der Waals surface area contributed by atoms with Gasteiger partial charge in [0.2, 0.25) is 5.89 Å². The predicted octanol–water partition coefficient (Wildman–Crippen LogP) is 3.12. The maximum atomic E-state index is 12.6. The van der Waals surface area contributed by atoms with Crippen molar-refractivity contribution in [2.75, 3.05) is 20.2 Å². The van der Waals surface area contributed by atoms with Crippen molar-refractivity contribution in [3.63, 3.8) is 0 Å². The molecule has 0 radical (unpaired) electrons. The van der Waals surface area contributed by atoms with Crippen LogP contribution in [0, 0.1) is 0 Å². The number of alkyl halides is 3. The molecule has 1 fully saturated rings. The highest BCUT2D eigenvalue weighted by molar-refractivity contribution is 5.94. The molecule has 1 amide bonds. The quantitative estimate of drug-likeness (QED) is 0.846. The number of rotatable bonds is 3. The molecule has 1 aromatic carbocycles. The number of hydrogen-bond acceptors (Lipinski definition) is 5. The van der Waals surface area contributed by atoms with Crippen LogP contribution in [0.2, 0.25) is 0 Å². The van der Waals surface area contributed by atoms with Gasteiger partial charge in [0.25, 0.3) is 5.91 Å². The van der Waals surface area contributed by atoms with Gasteiger partial charge >= 0.3 is 12.1 Å². The summed E-state index contributed by atoms with van der Waals surface area (Å²) >= 11 is 0. The monoisotopic (exact) mass is 355 g/mol. The number of nitrogens with zero attached hydrogens (tertiary/aromatic N) is 3. The zero-order chi connectivity index (χ0) is 18.0. The Bertz CT molecular complexity index is 743. The number of carbonyl (C=O) groups is 1. The van der Waals surface area contributed by atoms with E-state index in [2.05, 4.69) is 10.2 Å². The third kappa shape index (κ3) is 3.75. The zero-order valence-electron chi connectivity index (χ0n) is 13.4. The van der Waals surface area contributed by atoms with Gasteiger partial charge in [0.05, 0.1) is 13.0 Å². The molecule has 6 nitrogen and oxygen atoms in total. The number of likely N-dealkylation sites (tertiary alicyclic amines) is 1. The van der Waals surface area contributed by atoms with E-state index in [9.17, 15) is 18.0 Å². The van der Waals surface area contributed by atoms with Crippen LogP contribution in [-0.2, 0) is 6.18 Å². The van der Waals surface area contributed by atoms with Gasteiger partial charge < -0.3 is 14.1 Å². The molecule has 0 spiro atoms. The Hall–Kier alpha value is -2.58. The lowest BCUT2D eigenvalue weighted by molar-refractivity contribution is -0.157. The van der Waals surface area contributed by atoms with Crippen LogP contribution in [0.5, 0.6) is 5.75 Å². The molecule has 1 aromatic heterocycles. The van der Waals surface area contributed by atoms with Gasteiger partial charge in [0.1, 0.15) is 5.75 Å². The second kappa shape index (κ2) is 6.73. The molecule has 1 aliphatic rings. The fourth-order valence-corrected chi connectivity index (χ4v) is 2.79. The molecule has 3 rings (SSSR count). The minimum absolute atomic E-state index is 0.0837. The fourth-order valence-electron chi connectivity index (χ4n) is 2.79. The molecule has 0 saturated carbocycles. The van der Waals surface area contributed by atoms with Crippen LogP contribution in [0.15, 0.2) is 28.7 Å². The van der Waals surface area contributed by atoms with E-state index in [1.807, 2.05) is 0 Å². The Morgan fingerprint density at radius 3 is 2.60 bits per heavy atom. The molecule has 1 unspecified atom stereocenters. The van der Waals surface area contributed by atoms with Gasteiger partial charge in [0, 0.05) is 18.7 Å². The molecular formula is C16H16F3N3O3. The van der Waals surface area contributed by atoms with Crippen molar-refractivity contribution in [3.05, 3.63) is 41.6 Å². The average molecular weight is 355 g/mol. The van der Waals surface area contributed by atoms with Gasteiger partial charge in [-0.05, 0) is 37.1 Å². The molecule has 0 N–H and O–H groups in total. The minimum Gasteiger partial charge on any atom is -0.497 e. The number of benzene rings is 1. The van der Waals surface area contributed by atoms with Crippen molar-refractivity contribution >= 4 is 5.91 Å². The van der Waals surface area contributed by atoms with Gasteiger partial charge in [-0.1, -0.05) is 0 Å². The van der Waals surface area contributed by atoms with E-state index in [1.54, 1.807) is 29.2 Å². The van der Waals surface area contributed by atoms with Gasteiger partial charge in [-0.2, -0.15) is 13.2 Å². The first-order chi connectivity index (χ1) is 11.9. The van der Waals surface area contributed by atoms with Gasteiger partial charge in [0.15, 0.2) is 0 Å². The average Bonchev–Trinajstić information content (AvgIpc) is 3.12. The van der Waals surface area contributed by atoms with Crippen molar-refractivity contribution in [3.8, 4) is 5.75 Å². The van der Waals surface area contributed by atoms with E-state index in [-0.39, 0.29) is 18.3 Å². The first kappa shape index (κ1) is 17.2. The lowest BCUT2D eigenvalue weighted by Crippen LogP contribution is -2.39. The number of methoxy groups -OCH3 is 1. The summed E-state index contributed by atoms with van der Waals surface area (Å²) in [6, 6.07) is 6.67. The van der Waals surface area contributed by atoms with Crippen LogP contribution >= 0.6 is 0 Å². The normalized spacial score (nSPS) is 18.2. The summed E-state index contributed by atoms with van der Waals surface area (Å²) in [5.74, 6) is -1.40. The smallest absolute Gasteiger partial charge is 0.470 e. The highest BCUT2D eigenvalue weighted by atomic mass is 19.4. The van der Waals surface area contributed by atoms with E-state index < -0.39 is 18.0 Å². The third-order valence-electron chi connectivity index (χ3n) is 4.08. The molecule has 25 heavy (non-hydrogen) atoms. The molecule has 0 aliphatic carbocycles. The number of ether oxygens (including phenoxy) is 1. The third-order valence-corrected chi connectivity index (χ3v) is 4.08. The maximum absolute atomic E-state index is 12.6. The number of piperidine rings is 1. The van der Waals surface area contributed by atoms with E-state index in [1.165, 1.54) is 7.11 Å². The molecule has 1 aliphatic heterocycles. The van der Waals surface area contributed by atoms with E-state index in [0.717, 1.165) is 0 Å². The van der Waals surface area contributed by atoms with Gasteiger partial charge in [-0.25, -0.2) is 0 Å². The molecule has 134 valence electrons. The van der Waals surface area contributed by atoms with E-state index in [0.29, 0.717) is 30.7 Å². The maximum Gasteiger partial charge on any atom is 0.470 e. The summed E-state index contributed by atoms with van der Waals surface area (Å²) in [6.07, 6.45) is -3.43. The standard InChI is InChI=1S/C16H16F3N3O3/c1-24-12-6-4-10(5-7-12)14(23)22-8-2-3-11(9-22)13-20-21-15(25-13)16(17,18)19/h4-7,11H,2-3,8-9H2,1H3. The molecule has 1 saturated heterocycles. The second-order valence-corrected chi connectivity index (χ2v) is 5.76. The summed E-state index contributed by atoms with van der Waals surface area (Å²) < 4.78 is 47.6. The number of hydrogen-bond donors (Lipinski definition) is 0. The van der Waals surface area contributed by atoms with Crippen LogP contribution < -0.4 is 4.74 Å². The lowest BCUT2D eigenvalue weighted by atomic mass is 9.97. The summed E-state index contributed by atoms with van der Waals surface area (Å²) in [6.45, 7) is 0.770. The minimum atomic E-state index is -4.67. The Balaban J connectivity index is 1.72. The first-order valence-electron chi connectivity index (χ1n) is 7.72. The summed E-state index contributed by atoms with van der Waals surface area (Å²) in [5.41, 5.74) is 0.489. The number of amides is 1. The van der Waals surface area contributed by atoms with Crippen LogP contribution in [0.4, 0.5) is 13.2 Å². The second-order valence-electron chi connectivity index (χ2n) is 5.76. The Kier molecular flexibility index (Phi) is 4.65. The van der Waals surface area contributed by atoms with Crippen LogP contribution in [-0.4, -0.2) is 41.2 Å². The van der Waals surface area contributed by atoms with Crippen molar-refractivity contribution in [1.82, 2.24) is 15.1 Å². The van der Waals surface area contributed by atoms with Crippen molar-refractivity contribution in [1.29, 1.82) is 0 Å². The van der Waals surface area contributed by atoms with Crippen molar-refractivity contribution in [2.24, 2.45) is 0 Å². The van der Waals surface area contributed by atoms with E-state index in [4.69, 9.17) is 9.15 Å². The number of carbonyl (C=O) groups excluding carboxylic acids is 1. The molecule has 2 aromatic rings. The molecule has 0 bridgehead atoms. The van der Waals surface area contributed by atoms with Crippen LogP contribution in [0.3, 0.4) is 0 Å². The highest BCUT2D eigenvalue weighted by Crippen LogP contribution is 2.32.